The van der Waals surface area contributed by atoms with Crippen LogP contribution in [0.3, 0.4) is 0 Å². The van der Waals surface area contributed by atoms with Crippen LogP contribution in [0.25, 0.3) is 16.6 Å². The van der Waals surface area contributed by atoms with Gasteiger partial charge in [-0.3, -0.25) is 19.9 Å². The van der Waals surface area contributed by atoms with E-state index in [1.54, 1.807) is 30.6 Å². The van der Waals surface area contributed by atoms with Gasteiger partial charge in [-0.2, -0.15) is 13.2 Å². The van der Waals surface area contributed by atoms with E-state index in [2.05, 4.69) is 25.6 Å². The molecule has 2 fully saturated rings. The molecule has 12 heteroatoms. The molecule has 0 spiro atoms. The largest absolute Gasteiger partial charge is 0.425 e. The number of nitrogens with zero attached hydrogens (tertiary/aromatic N) is 3. The molecule has 7 nitrogen and oxygen atoms in total. The first-order valence-electron chi connectivity index (χ1n) is 12.2. The summed E-state index contributed by atoms with van der Waals surface area (Å²) in [6.45, 7) is 0.533. The lowest BCUT2D eigenvalue weighted by Crippen LogP contribution is -2.33. The second-order valence-corrected chi connectivity index (χ2v) is 11.3. The number of hydrogen-bond acceptors (Lipinski definition) is 8. The van der Waals surface area contributed by atoms with E-state index in [-0.39, 0.29) is 5.24 Å². The van der Waals surface area contributed by atoms with E-state index in [1.165, 1.54) is 6.07 Å². The van der Waals surface area contributed by atoms with E-state index in [9.17, 15) is 22.8 Å². The monoisotopic (exact) mass is 559 g/mol. The highest BCUT2D eigenvalue weighted by atomic mass is 32.2. The molecule has 0 bridgehead atoms. The van der Waals surface area contributed by atoms with Crippen LogP contribution in [0.5, 0.6) is 0 Å². The number of halogens is 3. The standard InChI is InChI=1S/C26H24F3N5O2S2/c27-26(28,29)21-8-7-19(37-21)23-16(2-1-10-31-23)14-32-17-5-3-15(4-6-17)12-22-30-11-9-18(33-22)13-20-24(35)34-25(36)38-20/h1-2,7-11,13,15,17,32H,3-6,12,14H2,(H,34,35,36)/b20-13-. The number of carbonyl (C=O) groups excluding carboxylic acids is 2. The van der Waals surface area contributed by atoms with Crippen molar-refractivity contribution in [1.29, 1.82) is 0 Å². The van der Waals surface area contributed by atoms with Gasteiger partial charge in [0.2, 0.25) is 0 Å². The molecule has 1 saturated carbocycles. The summed E-state index contributed by atoms with van der Waals surface area (Å²) in [7, 11) is 0. The zero-order valence-corrected chi connectivity index (χ0v) is 21.8. The molecule has 5 rings (SSSR count). The summed E-state index contributed by atoms with van der Waals surface area (Å²) in [6, 6.07) is 8.31. The summed E-state index contributed by atoms with van der Waals surface area (Å²) in [5, 5.41) is 5.41. The second-order valence-electron chi connectivity index (χ2n) is 9.23. The molecule has 3 aromatic rings. The molecular weight excluding hydrogens is 535 g/mol. The third-order valence-electron chi connectivity index (χ3n) is 6.56. The molecule has 2 aliphatic rings. The number of thiophene rings is 1. The zero-order chi connectivity index (χ0) is 26.7. The van der Waals surface area contributed by atoms with Crippen molar-refractivity contribution < 1.29 is 22.8 Å². The minimum Gasteiger partial charge on any atom is -0.310 e. The average Bonchev–Trinajstić information content (AvgIpc) is 3.51. The first-order chi connectivity index (χ1) is 18.2. The van der Waals surface area contributed by atoms with Crippen LogP contribution in [-0.4, -0.2) is 32.1 Å². The predicted octanol–water partition coefficient (Wildman–Crippen LogP) is 5.83. The van der Waals surface area contributed by atoms with Crippen LogP contribution in [0.15, 0.2) is 47.6 Å². The Morgan fingerprint density at radius 2 is 1.87 bits per heavy atom. The summed E-state index contributed by atoms with van der Waals surface area (Å²) in [6.07, 6.45) is 5.18. The van der Waals surface area contributed by atoms with Gasteiger partial charge in [0, 0.05) is 31.4 Å². The van der Waals surface area contributed by atoms with Gasteiger partial charge in [0.05, 0.1) is 21.2 Å². The maximum Gasteiger partial charge on any atom is 0.425 e. The Balaban J connectivity index is 1.14. The van der Waals surface area contributed by atoms with Crippen molar-refractivity contribution in [3.05, 3.63) is 69.6 Å². The van der Waals surface area contributed by atoms with Gasteiger partial charge < -0.3 is 5.32 Å². The van der Waals surface area contributed by atoms with Crippen LogP contribution in [-0.2, 0) is 23.9 Å². The van der Waals surface area contributed by atoms with Crippen molar-refractivity contribution in [2.24, 2.45) is 5.92 Å². The number of aromatic nitrogens is 3. The lowest BCUT2D eigenvalue weighted by molar-refractivity contribution is -0.134. The Labute approximate surface area is 225 Å². The van der Waals surface area contributed by atoms with Crippen molar-refractivity contribution >= 4 is 40.3 Å². The van der Waals surface area contributed by atoms with Crippen LogP contribution in [0.4, 0.5) is 18.0 Å². The van der Waals surface area contributed by atoms with Crippen molar-refractivity contribution in [1.82, 2.24) is 25.6 Å². The molecule has 0 aromatic carbocycles. The maximum atomic E-state index is 13.0. The highest BCUT2D eigenvalue weighted by Crippen LogP contribution is 2.38. The third kappa shape index (κ3) is 6.48. The van der Waals surface area contributed by atoms with Gasteiger partial charge in [0.15, 0.2) is 0 Å². The Bertz CT molecular complexity index is 1370. The first-order valence-corrected chi connectivity index (χ1v) is 13.8. The number of amides is 2. The quantitative estimate of drug-likeness (QED) is 0.352. The van der Waals surface area contributed by atoms with E-state index < -0.39 is 17.0 Å². The fourth-order valence-corrected chi connectivity index (χ4v) is 6.22. The van der Waals surface area contributed by atoms with Crippen molar-refractivity contribution in [3.63, 3.8) is 0 Å². The smallest absolute Gasteiger partial charge is 0.310 e. The van der Waals surface area contributed by atoms with Gasteiger partial charge >= 0.3 is 6.18 Å². The SMILES string of the molecule is O=C1NC(=O)/C(=C/c2ccnc(CC3CCC(NCc4cccnc4-c4ccc(C(F)(F)F)s4)CC3)n2)S1. The molecule has 2 N–H and O–H groups in total. The normalized spacial score (nSPS) is 21.2. The molecule has 0 atom stereocenters. The van der Waals surface area contributed by atoms with Crippen molar-refractivity contribution in [2.75, 3.05) is 0 Å². The Morgan fingerprint density at radius 1 is 1.05 bits per heavy atom. The molecule has 38 heavy (non-hydrogen) atoms. The first kappa shape index (κ1) is 26.5. The van der Waals surface area contributed by atoms with Gasteiger partial charge in [-0.05, 0) is 79.3 Å². The molecule has 0 radical (unpaired) electrons. The minimum absolute atomic E-state index is 0.306. The lowest BCUT2D eigenvalue weighted by atomic mass is 9.84. The zero-order valence-electron chi connectivity index (χ0n) is 20.1. The second kappa shape index (κ2) is 11.3. The molecule has 4 heterocycles. The average molecular weight is 560 g/mol. The van der Waals surface area contributed by atoms with Gasteiger partial charge in [0.1, 0.15) is 10.7 Å². The van der Waals surface area contributed by atoms with Crippen LogP contribution in [0.2, 0.25) is 0 Å². The summed E-state index contributed by atoms with van der Waals surface area (Å²) in [5.41, 5.74) is 2.05. The fraction of sp³-hybridized carbons (Fsp3) is 0.346. The number of pyridine rings is 1. The predicted molar refractivity (Wildman–Crippen MR) is 140 cm³/mol. The summed E-state index contributed by atoms with van der Waals surface area (Å²) < 4.78 is 39.1. The summed E-state index contributed by atoms with van der Waals surface area (Å²) in [4.78, 5) is 36.7. The van der Waals surface area contributed by atoms with Crippen LogP contribution >= 0.6 is 23.1 Å². The fourth-order valence-electron chi connectivity index (χ4n) is 4.65. The molecule has 1 aliphatic heterocycles. The van der Waals surface area contributed by atoms with E-state index >= 15 is 0 Å². The minimum atomic E-state index is -4.36. The highest BCUT2D eigenvalue weighted by Gasteiger charge is 2.33. The summed E-state index contributed by atoms with van der Waals surface area (Å²) in [5.74, 6) is 0.730. The number of hydrogen-bond donors (Lipinski definition) is 2. The van der Waals surface area contributed by atoms with E-state index in [1.807, 2.05) is 6.07 Å². The lowest BCUT2D eigenvalue weighted by Gasteiger charge is -2.29. The number of alkyl halides is 3. The van der Waals surface area contributed by atoms with Crippen molar-refractivity contribution in [2.45, 2.75) is 50.9 Å². The van der Waals surface area contributed by atoms with Crippen molar-refractivity contribution in [3.8, 4) is 10.6 Å². The van der Waals surface area contributed by atoms with E-state index in [0.29, 0.717) is 56.8 Å². The number of rotatable bonds is 7. The Kier molecular flexibility index (Phi) is 7.91. The molecule has 198 valence electrons. The topological polar surface area (TPSA) is 96.9 Å². The van der Waals surface area contributed by atoms with Gasteiger partial charge in [-0.1, -0.05) is 6.07 Å². The molecule has 2 amide bonds. The molecule has 1 saturated heterocycles. The van der Waals surface area contributed by atoms with Gasteiger partial charge in [0.25, 0.3) is 11.1 Å². The van der Waals surface area contributed by atoms with Crippen LogP contribution in [0.1, 0.15) is 47.6 Å². The number of carbonyl (C=O) groups is 2. The Morgan fingerprint density at radius 3 is 2.58 bits per heavy atom. The third-order valence-corrected chi connectivity index (χ3v) is 8.50. The molecule has 0 unspecified atom stereocenters. The summed E-state index contributed by atoms with van der Waals surface area (Å²) >= 11 is 1.57. The Hall–Kier alpha value is -3.09. The van der Waals surface area contributed by atoms with Crippen LogP contribution in [0, 0.1) is 5.92 Å². The van der Waals surface area contributed by atoms with E-state index in [0.717, 1.165) is 55.5 Å². The van der Waals surface area contributed by atoms with Crippen LogP contribution < -0.4 is 10.6 Å². The molecule has 3 aromatic heterocycles. The molecular formula is C26H24F3N5O2S2. The van der Waals surface area contributed by atoms with Gasteiger partial charge in [-0.15, -0.1) is 11.3 Å². The maximum absolute atomic E-state index is 13.0. The molecule has 1 aliphatic carbocycles. The highest BCUT2D eigenvalue weighted by molar-refractivity contribution is 8.18. The van der Waals surface area contributed by atoms with E-state index in [4.69, 9.17) is 0 Å². The van der Waals surface area contributed by atoms with Gasteiger partial charge in [-0.25, -0.2) is 9.97 Å². The number of nitrogens with one attached hydrogen (secondary N) is 2. The number of thioether (sulfide) groups is 1. The number of imide groups is 1.